The summed E-state index contributed by atoms with van der Waals surface area (Å²) in [5.74, 6) is 1.24. The van der Waals surface area contributed by atoms with Crippen molar-refractivity contribution in [2.24, 2.45) is 5.92 Å². The lowest BCUT2D eigenvalue weighted by molar-refractivity contribution is -0.137. The second kappa shape index (κ2) is 9.38. The van der Waals surface area contributed by atoms with Crippen LogP contribution in [0.25, 0.3) is 16.2 Å². The molecule has 1 unspecified atom stereocenters. The van der Waals surface area contributed by atoms with Crippen molar-refractivity contribution in [3.63, 3.8) is 0 Å². The summed E-state index contributed by atoms with van der Waals surface area (Å²) in [6, 6.07) is 4.80. The summed E-state index contributed by atoms with van der Waals surface area (Å²) in [5, 5.41) is 8.89. The Hall–Kier alpha value is -3.15. The lowest BCUT2D eigenvalue weighted by atomic mass is 9.92. The van der Waals surface area contributed by atoms with Crippen molar-refractivity contribution >= 4 is 22.3 Å². The number of aromatic nitrogens is 5. The fourth-order valence-corrected chi connectivity index (χ4v) is 5.20. The van der Waals surface area contributed by atoms with Gasteiger partial charge >= 0.3 is 12.2 Å². The number of alkyl halides is 3. The fourth-order valence-electron chi connectivity index (χ4n) is 4.38. The molecule has 4 aromatic rings. The Bertz CT molecular complexity index is 1320. The molecule has 0 amide bonds. The van der Waals surface area contributed by atoms with E-state index in [4.69, 9.17) is 9.26 Å². The maximum absolute atomic E-state index is 13.6. The van der Waals surface area contributed by atoms with Gasteiger partial charge in [0.05, 0.1) is 17.5 Å². The molecule has 3 aromatic heterocycles. The normalized spacial score (nSPS) is 16.3. The molecule has 1 saturated heterocycles. The van der Waals surface area contributed by atoms with Crippen LogP contribution in [0.15, 0.2) is 28.9 Å². The molecule has 0 spiro atoms. The second-order valence-electron chi connectivity index (χ2n) is 9.51. The highest BCUT2D eigenvalue weighted by atomic mass is 32.1. The van der Waals surface area contributed by atoms with E-state index < -0.39 is 11.7 Å². The number of benzene rings is 1. The minimum absolute atomic E-state index is 0.0372. The SMILES string of the molecule is Cc1ccc(-c2cn3nc(OC(C)C4CCN(c5nc(C(C)C)no5)CC4)sc3n2)c(C(F)(F)F)c1. The number of imidazole rings is 1. The van der Waals surface area contributed by atoms with Gasteiger partial charge in [0.15, 0.2) is 5.82 Å². The fraction of sp³-hybridized carbons (Fsp3) is 0.500. The first-order valence-corrected chi connectivity index (χ1v) is 12.7. The highest BCUT2D eigenvalue weighted by molar-refractivity contribution is 7.18. The minimum Gasteiger partial charge on any atom is -0.466 e. The maximum Gasteiger partial charge on any atom is 0.417 e. The zero-order chi connectivity index (χ0) is 25.6. The van der Waals surface area contributed by atoms with Gasteiger partial charge in [-0.25, -0.2) is 9.50 Å². The summed E-state index contributed by atoms with van der Waals surface area (Å²) in [6.45, 7) is 9.29. The van der Waals surface area contributed by atoms with Crippen molar-refractivity contribution in [2.45, 2.75) is 58.7 Å². The number of hydrogen-bond donors (Lipinski definition) is 0. The molecule has 12 heteroatoms. The van der Waals surface area contributed by atoms with Crippen LogP contribution in [-0.2, 0) is 6.18 Å². The van der Waals surface area contributed by atoms with Crippen LogP contribution < -0.4 is 9.64 Å². The topological polar surface area (TPSA) is 81.6 Å². The molecular formula is C24H27F3N6O2S. The molecule has 1 aliphatic heterocycles. The third-order valence-corrected chi connectivity index (χ3v) is 7.30. The Balaban J connectivity index is 1.24. The molecule has 5 rings (SSSR count). The van der Waals surface area contributed by atoms with Crippen molar-refractivity contribution in [3.05, 3.63) is 41.3 Å². The smallest absolute Gasteiger partial charge is 0.417 e. The standard InChI is InChI=1S/C24H27F3N6O2S/c1-13(2)20-29-21(35-31-20)32-9-7-16(8-10-32)15(4)34-23-30-33-12-19(28-22(33)36-23)17-6-5-14(3)11-18(17)24(25,26)27/h5-6,11-13,15-16H,7-10H2,1-4H3. The van der Waals surface area contributed by atoms with E-state index in [9.17, 15) is 13.2 Å². The predicted molar refractivity (Wildman–Crippen MR) is 129 cm³/mol. The van der Waals surface area contributed by atoms with Crippen molar-refractivity contribution in [1.29, 1.82) is 0 Å². The Labute approximate surface area is 210 Å². The van der Waals surface area contributed by atoms with E-state index in [0.29, 0.717) is 33.5 Å². The van der Waals surface area contributed by atoms with E-state index >= 15 is 0 Å². The molecule has 1 aromatic carbocycles. The van der Waals surface area contributed by atoms with E-state index in [1.165, 1.54) is 28.1 Å². The number of ether oxygens (including phenoxy) is 1. The van der Waals surface area contributed by atoms with Crippen molar-refractivity contribution in [2.75, 3.05) is 18.0 Å². The van der Waals surface area contributed by atoms with Crippen LogP contribution in [-0.4, -0.2) is 43.9 Å². The van der Waals surface area contributed by atoms with E-state index in [2.05, 4.69) is 25.1 Å². The number of fused-ring (bicyclic) bond motifs is 1. The van der Waals surface area contributed by atoms with E-state index in [0.717, 1.165) is 32.0 Å². The van der Waals surface area contributed by atoms with Crippen LogP contribution in [0, 0.1) is 12.8 Å². The molecule has 1 aliphatic rings. The van der Waals surface area contributed by atoms with Gasteiger partial charge in [0.25, 0.3) is 5.19 Å². The highest BCUT2D eigenvalue weighted by Gasteiger charge is 2.34. The number of nitrogens with zero attached hydrogens (tertiary/aromatic N) is 6. The Morgan fingerprint density at radius 3 is 2.53 bits per heavy atom. The van der Waals surface area contributed by atoms with Crippen LogP contribution in [0.1, 0.15) is 56.5 Å². The molecule has 0 aliphatic carbocycles. The summed E-state index contributed by atoms with van der Waals surface area (Å²) >= 11 is 1.22. The van der Waals surface area contributed by atoms with Gasteiger partial charge < -0.3 is 14.2 Å². The minimum atomic E-state index is -4.47. The third kappa shape index (κ3) is 4.91. The molecule has 0 saturated carbocycles. The van der Waals surface area contributed by atoms with Crippen molar-refractivity contribution in [1.82, 2.24) is 24.7 Å². The molecule has 192 valence electrons. The van der Waals surface area contributed by atoms with Gasteiger partial charge in [-0.2, -0.15) is 18.2 Å². The molecule has 36 heavy (non-hydrogen) atoms. The van der Waals surface area contributed by atoms with Crippen LogP contribution in [0.2, 0.25) is 0 Å². The monoisotopic (exact) mass is 520 g/mol. The average Bonchev–Trinajstić information content (AvgIpc) is 3.54. The zero-order valence-corrected chi connectivity index (χ0v) is 21.2. The predicted octanol–water partition coefficient (Wildman–Crippen LogP) is 5.98. The molecular weight excluding hydrogens is 493 g/mol. The summed E-state index contributed by atoms with van der Waals surface area (Å²) < 4.78 is 53.6. The van der Waals surface area contributed by atoms with Gasteiger partial charge in [-0.3, -0.25) is 0 Å². The summed E-state index contributed by atoms with van der Waals surface area (Å²) in [4.78, 5) is 11.5. The van der Waals surface area contributed by atoms with Crippen LogP contribution in [0.3, 0.4) is 0 Å². The molecule has 0 radical (unpaired) electrons. The number of aryl methyl sites for hydroxylation is 1. The van der Waals surface area contributed by atoms with Gasteiger partial charge in [-0.15, -0.1) is 5.10 Å². The first-order chi connectivity index (χ1) is 17.1. The molecule has 0 bridgehead atoms. The molecule has 1 atom stereocenters. The van der Waals surface area contributed by atoms with Gasteiger partial charge in [0.2, 0.25) is 4.96 Å². The highest BCUT2D eigenvalue weighted by Crippen LogP contribution is 2.38. The number of piperidine rings is 1. The van der Waals surface area contributed by atoms with Crippen LogP contribution in [0.4, 0.5) is 19.2 Å². The van der Waals surface area contributed by atoms with E-state index in [1.807, 2.05) is 20.8 Å². The Kier molecular flexibility index (Phi) is 6.39. The summed E-state index contributed by atoms with van der Waals surface area (Å²) in [7, 11) is 0. The first kappa shape index (κ1) is 24.5. The van der Waals surface area contributed by atoms with Gasteiger partial charge in [-0.05, 0) is 50.0 Å². The van der Waals surface area contributed by atoms with E-state index in [-0.39, 0.29) is 23.3 Å². The summed E-state index contributed by atoms with van der Waals surface area (Å²) in [5.41, 5.74) is 0.105. The van der Waals surface area contributed by atoms with Crippen molar-refractivity contribution < 1.29 is 22.4 Å². The molecule has 1 fully saturated rings. The van der Waals surface area contributed by atoms with E-state index in [1.54, 1.807) is 13.0 Å². The molecule has 0 N–H and O–H groups in total. The third-order valence-electron chi connectivity index (χ3n) is 6.49. The van der Waals surface area contributed by atoms with Crippen LogP contribution in [0.5, 0.6) is 5.19 Å². The van der Waals surface area contributed by atoms with Gasteiger partial charge in [-0.1, -0.05) is 36.7 Å². The summed E-state index contributed by atoms with van der Waals surface area (Å²) in [6.07, 6.45) is -1.23. The molecule has 8 nitrogen and oxygen atoms in total. The second-order valence-corrected chi connectivity index (χ2v) is 10.4. The lowest BCUT2D eigenvalue weighted by Gasteiger charge is -2.33. The Morgan fingerprint density at radius 2 is 1.89 bits per heavy atom. The lowest BCUT2D eigenvalue weighted by Crippen LogP contribution is -2.38. The quantitative estimate of drug-likeness (QED) is 0.310. The number of rotatable bonds is 6. The number of halogens is 3. The molecule has 4 heterocycles. The zero-order valence-electron chi connectivity index (χ0n) is 20.4. The Morgan fingerprint density at radius 1 is 1.14 bits per heavy atom. The maximum atomic E-state index is 13.6. The van der Waals surface area contributed by atoms with Gasteiger partial charge in [0, 0.05) is 24.6 Å². The largest absolute Gasteiger partial charge is 0.466 e. The average molecular weight is 521 g/mol. The van der Waals surface area contributed by atoms with Crippen LogP contribution >= 0.6 is 11.3 Å². The first-order valence-electron chi connectivity index (χ1n) is 11.9. The van der Waals surface area contributed by atoms with Gasteiger partial charge in [0.1, 0.15) is 6.10 Å². The van der Waals surface area contributed by atoms with Crippen molar-refractivity contribution in [3.8, 4) is 16.5 Å². The number of hydrogen-bond acceptors (Lipinski definition) is 8. The number of anilines is 1.